The Bertz CT molecular complexity index is 602. The lowest BCUT2D eigenvalue weighted by Gasteiger charge is -2.12. The zero-order chi connectivity index (χ0) is 15.8. The molecule has 0 amide bonds. The maximum Gasteiger partial charge on any atom is -0.00169 e. The second-order valence-corrected chi connectivity index (χ2v) is 5.62. The van der Waals surface area contributed by atoms with Crippen LogP contribution in [0.2, 0.25) is 0 Å². The molecule has 0 fully saturated rings. The Hall–Kier alpha value is -1.86. The number of fused-ring (bicyclic) bond motifs is 1. The summed E-state index contributed by atoms with van der Waals surface area (Å²) in [4.78, 5) is 0. The van der Waals surface area contributed by atoms with Gasteiger partial charge in [0.25, 0.3) is 0 Å². The summed E-state index contributed by atoms with van der Waals surface area (Å²) in [6.45, 7) is 7.26. The highest BCUT2D eigenvalue weighted by Gasteiger charge is 2.17. The van der Waals surface area contributed by atoms with Crippen LogP contribution in [0.3, 0.4) is 0 Å². The smallest absolute Gasteiger partial charge is 0.00169 e. The lowest BCUT2D eigenvalue weighted by Crippen LogP contribution is -2.06. The van der Waals surface area contributed by atoms with Crippen molar-refractivity contribution in [2.75, 3.05) is 13.6 Å². The van der Waals surface area contributed by atoms with Crippen molar-refractivity contribution in [2.24, 2.45) is 0 Å². The van der Waals surface area contributed by atoms with E-state index in [1.807, 2.05) is 13.1 Å². The summed E-state index contributed by atoms with van der Waals surface area (Å²) >= 11 is 0. The van der Waals surface area contributed by atoms with E-state index in [4.69, 9.17) is 0 Å². The van der Waals surface area contributed by atoms with E-state index in [2.05, 4.69) is 61.3 Å². The number of hydrogen-bond donors (Lipinski definition) is 1. The Morgan fingerprint density at radius 2 is 2.05 bits per heavy atom. The minimum atomic E-state index is 0.996. The molecule has 1 aromatic rings. The molecule has 116 valence electrons. The van der Waals surface area contributed by atoms with Gasteiger partial charge in [0.05, 0.1) is 0 Å². The normalized spacial score (nSPS) is 16.9. The summed E-state index contributed by atoms with van der Waals surface area (Å²) in [5, 5.41) is 3.22. The minimum Gasteiger partial charge on any atom is -0.319 e. The van der Waals surface area contributed by atoms with Crippen molar-refractivity contribution in [3.63, 3.8) is 0 Å². The molecule has 0 unspecified atom stereocenters. The number of allylic oxidation sites excluding steroid dienone is 6. The lowest BCUT2D eigenvalue weighted by atomic mass is 9.92. The summed E-state index contributed by atoms with van der Waals surface area (Å²) in [7, 11) is 2.00. The molecular formula is C21H27N. The van der Waals surface area contributed by atoms with Crippen molar-refractivity contribution in [2.45, 2.75) is 32.6 Å². The van der Waals surface area contributed by atoms with Crippen LogP contribution in [-0.4, -0.2) is 13.6 Å². The van der Waals surface area contributed by atoms with E-state index >= 15 is 0 Å². The fraction of sp³-hybridized carbons (Fsp3) is 0.333. The molecule has 0 spiro atoms. The summed E-state index contributed by atoms with van der Waals surface area (Å²) in [5.74, 6) is 0. The van der Waals surface area contributed by atoms with Gasteiger partial charge in [-0.25, -0.2) is 0 Å². The molecule has 2 rings (SSSR count). The monoisotopic (exact) mass is 293 g/mol. The SMILES string of the molecule is C=CC1=C(/C=C\CC)CCc2ccccc2/C1=C\CCNC. The van der Waals surface area contributed by atoms with Gasteiger partial charge in [-0.3, -0.25) is 0 Å². The fourth-order valence-electron chi connectivity index (χ4n) is 2.98. The first-order valence-electron chi connectivity index (χ1n) is 8.27. The second-order valence-electron chi connectivity index (χ2n) is 5.62. The Balaban J connectivity index is 2.52. The van der Waals surface area contributed by atoms with E-state index in [1.54, 1.807) is 0 Å². The van der Waals surface area contributed by atoms with Crippen molar-refractivity contribution in [1.82, 2.24) is 5.32 Å². The van der Waals surface area contributed by atoms with Gasteiger partial charge in [0, 0.05) is 0 Å². The predicted octanol–water partition coefficient (Wildman–Crippen LogP) is 5.07. The summed E-state index contributed by atoms with van der Waals surface area (Å²) in [6, 6.07) is 8.79. The molecule has 1 aliphatic carbocycles. The third-order valence-corrected chi connectivity index (χ3v) is 4.11. The van der Waals surface area contributed by atoms with Gasteiger partial charge in [-0.2, -0.15) is 0 Å². The maximum atomic E-state index is 4.09. The molecule has 0 heterocycles. The Labute approximate surface area is 135 Å². The van der Waals surface area contributed by atoms with Gasteiger partial charge < -0.3 is 5.32 Å². The minimum absolute atomic E-state index is 0.996. The predicted molar refractivity (Wildman–Crippen MR) is 97.9 cm³/mol. The zero-order valence-electron chi connectivity index (χ0n) is 13.9. The van der Waals surface area contributed by atoms with Gasteiger partial charge in [0.1, 0.15) is 0 Å². The number of nitrogens with one attached hydrogen (secondary N) is 1. The van der Waals surface area contributed by atoms with Gasteiger partial charge in [0.2, 0.25) is 0 Å². The van der Waals surface area contributed by atoms with Crippen molar-refractivity contribution < 1.29 is 0 Å². The summed E-state index contributed by atoms with van der Waals surface area (Å²) in [5.41, 5.74) is 6.86. The van der Waals surface area contributed by atoms with E-state index in [-0.39, 0.29) is 0 Å². The van der Waals surface area contributed by atoms with Crippen LogP contribution in [0.4, 0.5) is 0 Å². The van der Waals surface area contributed by atoms with E-state index in [1.165, 1.54) is 27.8 Å². The molecule has 1 aliphatic rings. The fourth-order valence-corrected chi connectivity index (χ4v) is 2.98. The Morgan fingerprint density at radius 1 is 1.23 bits per heavy atom. The van der Waals surface area contributed by atoms with Crippen molar-refractivity contribution in [1.29, 1.82) is 0 Å². The molecular weight excluding hydrogens is 266 g/mol. The highest BCUT2D eigenvalue weighted by atomic mass is 14.8. The number of rotatable bonds is 6. The molecule has 0 radical (unpaired) electrons. The number of benzene rings is 1. The van der Waals surface area contributed by atoms with Crippen molar-refractivity contribution in [3.05, 3.63) is 77.4 Å². The zero-order valence-corrected chi connectivity index (χ0v) is 13.9. The molecule has 0 bridgehead atoms. The van der Waals surface area contributed by atoms with Gasteiger partial charge in [0.15, 0.2) is 0 Å². The van der Waals surface area contributed by atoms with E-state index < -0.39 is 0 Å². The third-order valence-electron chi connectivity index (χ3n) is 4.11. The van der Waals surface area contributed by atoms with Crippen LogP contribution in [0.1, 0.15) is 37.3 Å². The van der Waals surface area contributed by atoms with Crippen LogP contribution in [-0.2, 0) is 6.42 Å². The van der Waals surface area contributed by atoms with E-state index in [9.17, 15) is 0 Å². The first-order chi connectivity index (χ1) is 10.8. The first kappa shape index (κ1) is 16.5. The lowest BCUT2D eigenvalue weighted by molar-refractivity contribution is 0.808. The standard InChI is InChI=1S/C21H27N/c1-4-6-10-17-14-15-18-11-7-8-12-20(18)21(19(17)5-2)13-9-16-22-3/h5-8,10-13,22H,2,4,9,14-16H2,1,3H3/b10-6-,21-13-. The molecule has 0 atom stereocenters. The van der Waals surface area contributed by atoms with Crippen LogP contribution >= 0.6 is 0 Å². The molecule has 1 aromatic carbocycles. The number of aryl methyl sites for hydroxylation is 1. The van der Waals surface area contributed by atoms with Gasteiger partial charge >= 0.3 is 0 Å². The molecule has 1 N–H and O–H groups in total. The highest BCUT2D eigenvalue weighted by molar-refractivity contribution is 5.85. The third kappa shape index (κ3) is 3.86. The Morgan fingerprint density at radius 3 is 2.77 bits per heavy atom. The summed E-state index contributed by atoms with van der Waals surface area (Å²) in [6.07, 6.45) is 13.2. The van der Waals surface area contributed by atoms with Crippen LogP contribution in [0.15, 0.2) is 66.3 Å². The van der Waals surface area contributed by atoms with Crippen LogP contribution in [0.25, 0.3) is 5.57 Å². The largest absolute Gasteiger partial charge is 0.319 e. The van der Waals surface area contributed by atoms with Crippen LogP contribution < -0.4 is 5.32 Å². The maximum absolute atomic E-state index is 4.09. The van der Waals surface area contributed by atoms with Crippen LogP contribution in [0, 0.1) is 0 Å². The van der Waals surface area contributed by atoms with Crippen molar-refractivity contribution in [3.8, 4) is 0 Å². The molecule has 0 aliphatic heterocycles. The highest BCUT2D eigenvalue weighted by Crippen LogP contribution is 2.35. The van der Waals surface area contributed by atoms with Gasteiger partial charge in [-0.1, -0.05) is 62.1 Å². The Kier molecular flexibility index (Phi) is 6.42. The average molecular weight is 293 g/mol. The molecule has 1 heteroatoms. The van der Waals surface area contributed by atoms with E-state index in [0.717, 1.165) is 32.2 Å². The molecule has 1 nitrogen and oxygen atoms in total. The first-order valence-corrected chi connectivity index (χ1v) is 8.27. The molecule has 0 saturated heterocycles. The van der Waals surface area contributed by atoms with Gasteiger partial charge in [-0.15, -0.1) is 0 Å². The van der Waals surface area contributed by atoms with Crippen LogP contribution in [0.5, 0.6) is 0 Å². The van der Waals surface area contributed by atoms with E-state index in [0.29, 0.717) is 0 Å². The second kappa shape index (κ2) is 8.55. The van der Waals surface area contributed by atoms with Crippen molar-refractivity contribution >= 4 is 5.57 Å². The average Bonchev–Trinajstić information content (AvgIpc) is 2.70. The molecule has 0 aromatic heterocycles. The number of hydrogen-bond acceptors (Lipinski definition) is 1. The molecule has 0 saturated carbocycles. The van der Waals surface area contributed by atoms with Gasteiger partial charge in [-0.05, 0) is 67.1 Å². The summed E-state index contributed by atoms with van der Waals surface area (Å²) < 4.78 is 0. The topological polar surface area (TPSA) is 12.0 Å². The molecule has 22 heavy (non-hydrogen) atoms. The quantitative estimate of drug-likeness (QED) is 0.722.